The van der Waals surface area contributed by atoms with Gasteiger partial charge in [-0.3, -0.25) is 4.79 Å². The Labute approximate surface area is 91.8 Å². The summed E-state index contributed by atoms with van der Waals surface area (Å²) in [6, 6.07) is 0. The van der Waals surface area contributed by atoms with Gasteiger partial charge < -0.3 is 9.84 Å². The quantitative estimate of drug-likeness (QED) is 0.730. The third-order valence-corrected chi connectivity index (χ3v) is 3.56. The van der Waals surface area contributed by atoms with Crippen molar-refractivity contribution < 1.29 is 14.6 Å². The van der Waals surface area contributed by atoms with Crippen molar-refractivity contribution in [3.8, 4) is 0 Å². The first-order valence-corrected chi connectivity index (χ1v) is 5.96. The van der Waals surface area contributed by atoms with E-state index in [9.17, 15) is 9.90 Å². The number of hydrogen-bond donors (Lipinski definition) is 1. The SMILES string of the molecule is CCC(C)C(=O)OC1CCCC1(O)CC. The van der Waals surface area contributed by atoms with Gasteiger partial charge in [-0.15, -0.1) is 0 Å². The van der Waals surface area contributed by atoms with E-state index in [1.54, 1.807) is 0 Å². The first-order valence-electron chi connectivity index (χ1n) is 5.96. The van der Waals surface area contributed by atoms with E-state index in [4.69, 9.17) is 4.74 Å². The van der Waals surface area contributed by atoms with Crippen LogP contribution in [-0.4, -0.2) is 22.8 Å². The highest BCUT2D eigenvalue weighted by Gasteiger charge is 2.42. The maximum atomic E-state index is 11.6. The van der Waals surface area contributed by atoms with E-state index < -0.39 is 5.60 Å². The van der Waals surface area contributed by atoms with Crippen LogP contribution in [0.25, 0.3) is 0 Å². The summed E-state index contributed by atoms with van der Waals surface area (Å²) in [4.78, 5) is 11.6. The zero-order valence-corrected chi connectivity index (χ0v) is 9.95. The molecular formula is C12H22O3. The summed E-state index contributed by atoms with van der Waals surface area (Å²) in [6.07, 6.45) is 3.66. The van der Waals surface area contributed by atoms with Gasteiger partial charge in [-0.05, 0) is 32.1 Å². The lowest BCUT2D eigenvalue weighted by Crippen LogP contribution is -2.40. The third kappa shape index (κ3) is 2.71. The summed E-state index contributed by atoms with van der Waals surface area (Å²) in [7, 11) is 0. The molecule has 0 aromatic heterocycles. The van der Waals surface area contributed by atoms with Crippen LogP contribution in [0.15, 0.2) is 0 Å². The lowest BCUT2D eigenvalue weighted by molar-refractivity contribution is -0.166. The molecule has 1 aliphatic carbocycles. The highest BCUT2D eigenvalue weighted by Crippen LogP contribution is 2.35. The minimum atomic E-state index is -0.775. The van der Waals surface area contributed by atoms with Crippen molar-refractivity contribution in [1.82, 2.24) is 0 Å². The predicted molar refractivity (Wildman–Crippen MR) is 58.4 cm³/mol. The third-order valence-electron chi connectivity index (χ3n) is 3.56. The van der Waals surface area contributed by atoms with E-state index in [1.165, 1.54) is 0 Å². The Morgan fingerprint density at radius 3 is 2.80 bits per heavy atom. The molecule has 3 heteroatoms. The second-order valence-corrected chi connectivity index (χ2v) is 4.58. The van der Waals surface area contributed by atoms with Gasteiger partial charge in [0.25, 0.3) is 0 Å². The molecule has 3 unspecified atom stereocenters. The fraction of sp³-hybridized carbons (Fsp3) is 0.917. The highest BCUT2D eigenvalue weighted by molar-refractivity contribution is 5.72. The van der Waals surface area contributed by atoms with Crippen LogP contribution in [0.5, 0.6) is 0 Å². The van der Waals surface area contributed by atoms with Gasteiger partial charge >= 0.3 is 5.97 Å². The van der Waals surface area contributed by atoms with Crippen LogP contribution >= 0.6 is 0 Å². The Bertz CT molecular complexity index is 227. The van der Waals surface area contributed by atoms with Crippen LogP contribution in [0.1, 0.15) is 52.9 Å². The van der Waals surface area contributed by atoms with E-state index in [0.29, 0.717) is 6.42 Å². The van der Waals surface area contributed by atoms with E-state index in [1.807, 2.05) is 20.8 Å². The molecule has 1 rings (SSSR count). The van der Waals surface area contributed by atoms with Gasteiger partial charge in [0, 0.05) is 0 Å². The van der Waals surface area contributed by atoms with Crippen molar-refractivity contribution in [2.75, 3.05) is 0 Å². The van der Waals surface area contributed by atoms with E-state index in [-0.39, 0.29) is 18.0 Å². The molecule has 88 valence electrons. The maximum Gasteiger partial charge on any atom is 0.309 e. The van der Waals surface area contributed by atoms with Crippen molar-refractivity contribution in [2.24, 2.45) is 5.92 Å². The molecule has 1 fully saturated rings. The first-order chi connectivity index (χ1) is 7.03. The normalized spacial score (nSPS) is 32.7. The van der Waals surface area contributed by atoms with Gasteiger partial charge in [0.15, 0.2) is 0 Å². The van der Waals surface area contributed by atoms with Crippen molar-refractivity contribution >= 4 is 5.97 Å². The van der Waals surface area contributed by atoms with Crippen molar-refractivity contribution in [3.05, 3.63) is 0 Å². The summed E-state index contributed by atoms with van der Waals surface area (Å²) in [5.74, 6) is -0.233. The molecular weight excluding hydrogens is 192 g/mol. The summed E-state index contributed by atoms with van der Waals surface area (Å²) < 4.78 is 5.38. The molecule has 0 bridgehead atoms. The minimum Gasteiger partial charge on any atom is -0.459 e. The van der Waals surface area contributed by atoms with Crippen molar-refractivity contribution in [1.29, 1.82) is 0 Å². The van der Waals surface area contributed by atoms with Gasteiger partial charge in [0.2, 0.25) is 0 Å². The zero-order valence-electron chi connectivity index (χ0n) is 9.95. The van der Waals surface area contributed by atoms with Crippen LogP contribution in [-0.2, 0) is 9.53 Å². The van der Waals surface area contributed by atoms with E-state index >= 15 is 0 Å². The molecule has 0 amide bonds. The molecule has 1 saturated carbocycles. The molecule has 3 atom stereocenters. The largest absolute Gasteiger partial charge is 0.459 e. The minimum absolute atomic E-state index is 0.0632. The summed E-state index contributed by atoms with van der Waals surface area (Å²) in [5, 5.41) is 10.2. The Morgan fingerprint density at radius 2 is 2.27 bits per heavy atom. The molecule has 0 aromatic carbocycles. The van der Waals surface area contributed by atoms with Gasteiger partial charge in [-0.2, -0.15) is 0 Å². The zero-order chi connectivity index (χ0) is 11.5. The Kier molecular flexibility index (Phi) is 4.14. The lowest BCUT2D eigenvalue weighted by atomic mass is 9.96. The number of rotatable bonds is 4. The second kappa shape index (κ2) is 4.97. The average molecular weight is 214 g/mol. The monoisotopic (exact) mass is 214 g/mol. The van der Waals surface area contributed by atoms with Crippen LogP contribution in [0.4, 0.5) is 0 Å². The number of aliphatic hydroxyl groups is 1. The smallest absolute Gasteiger partial charge is 0.309 e. The van der Waals surface area contributed by atoms with Crippen LogP contribution in [0, 0.1) is 5.92 Å². The summed E-state index contributed by atoms with van der Waals surface area (Å²) in [6.45, 7) is 5.77. The van der Waals surface area contributed by atoms with Gasteiger partial charge in [0.1, 0.15) is 11.7 Å². The molecule has 0 heterocycles. The Hall–Kier alpha value is -0.570. The van der Waals surface area contributed by atoms with E-state index in [0.717, 1.165) is 25.7 Å². The fourth-order valence-corrected chi connectivity index (χ4v) is 2.02. The number of carbonyl (C=O) groups is 1. The molecule has 0 saturated heterocycles. The Morgan fingerprint density at radius 1 is 1.60 bits per heavy atom. The predicted octanol–water partition coefficient (Wildman–Crippen LogP) is 2.27. The fourth-order valence-electron chi connectivity index (χ4n) is 2.02. The van der Waals surface area contributed by atoms with Gasteiger partial charge in [-0.25, -0.2) is 0 Å². The number of ether oxygens (including phenoxy) is 1. The standard InChI is InChI=1S/C12H22O3/c1-4-9(3)11(13)15-10-7-6-8-12(10,14)5-2/h9-10,14H,4-8H2,1-3H3. The van der Waals surface area contributed by atoms with E-state index in [2.05, 4.69) is 0 Å². The number of esters is 1. The molecule has 0 aromatic rings. The second-order valence-electron chi connectivity index (χ2n) is 4.58. The van der Waals surface area contributed by atoms with Gasteiger partial charge in [0.05, 0.1) is 5.92 Å². The van der Waals surface area contributed by atoms with Crippen LogP contribution in [0.3, 0.4) is 0 Å². The topological polar surface area (TPSA) is 46.5 Å². The summed E-state index contributed by atoms with van der Waals surface area (Å²) >= 11 is 0. The Balaban J connectivity index is 2.54. The van der Waals surface area contributed by atoms with Crippen LogP contribution in [0.2, 0.25) is 0 Å². The molecule has 1 aliphatic rings. The van der Waals surface area contributed by atoms with Crippen molar-refractivity contribution in [2.45, 2.75) is 64.6 Å². The summed E-state index contributed by atoms with van der Waals surface area (Å²) in [5.41, 5.74) is -0.775. The molecule has 15 heavy (non-hydrogen) atoms. The molecule has 0 aliphatic heterocycles. The van der Waals surface area contributed by atoms with Crippen LogP contribution < -0.4 is 0 Å². The molecule has 0 spiro atoms. The number of carbonyl (C=O) groups excluding carboxylic acids is 1. The number of hydrogen-bond acceptors (Lipinski definition) is 3. The van der Waals surface area contributed by atoms with Gasteiger partial charge in [-0.1, -0.05) is 20.8 Å². The maximum absolute atomic E-state index is 11.6. The first kappa shape index (κ1) is 12.5. The lowest BCUT2D eigenvalue weighted by Gasteiger charge is -2.29. The highest BCUT2D eigenvalue weighted by atomic mass is 16.6. The molecule has 1 N–H and O–H groups in total. The molecule has 0 radical (unpaired) electrons. The molecule has 3 nitrogen and oxygen atoms in total. The average Bonchev–Trinajstić information content (AvgIpc) is 2.60. The van der Waals surface area contributed by atoms with Crippen molar-refractivity contribution in [3.63, 3.8) is 0 Å².